The van der Waals surface area contributed by atoms with Crippen LogP contribution in [0, 0.1) is 0 Å². The molecular formula is C22H22N2O3. The van der Waals surface area contributed by atoms with Crippen LogP contribution in [0.15, 0.2) is 54.6 Å². The summed E-state index contributed by atoms with van der Waals surface area (Å²) in [5, 5.41) is 1.03. The van der Waals surface area contributed by atoms with Gasteiger partial charge >= 0.3 is 0 Å². The van der Waals surface area contributed by atoms with E-state index in [1.54, 1.807) is 14.2 Å². The maximum atomic E-state index is 13.2. The first-order valence-corrected chi connectivity index (χ1v) is 9.10. The Kier molecular flexibility index (Phi) is 4.67. The van der Waals surface area contributed by atoms with Crippen molar-refractivity contribution >= 4 is 16.8 Å². The van der Waals surface area contributed by atoms with E-state index in [4.69, 9.17) is 9.47 Å². The van der Waals surface area contributed by atoms with E-state index in [-0.39, 0.29) is 11.9 Å². The van der Waals surface area contributed by atoms with E-state index in [9.17, 15) is 4.79 Å². The summed E-state index contributed by atoms with van der Waals surface area (Å²) >= 11 is 0. The van der Waals surface area contributed by atoms with Gasteiger partial charge in [-0.3, -0.25) is 4.79 Å². The lowest BCUT2D eigenvalue weighted by Crippen LogP contribution is -2.31. The van der Waals surface area contributed by atoms with E-state index in [0.717, 1.165) is 40.8 Å². The number of ether oxygens (including phenoxy) is 2. The zero-order valence-corrected chi connectivity index (χ0v) is 15.5. The van der Waals surface area contributed by atoms with Crippen molar-refractivity contribution in [2.75, 3.05) is 20.8 Å². The highest BCUT2D eigenvalue weighted by Crippen LogP contribution is 2.39. The van der Waals surface area contributed by atoms with Crippen molar-refractivity contribution in [1.82, 2.24) is 9.88 Å². The molecule has 0 bridgehead atoms. The molecule has 3 aromatic rings. The van der Waals surface area contributed by atoms with Crippen LogP contribution in [0.3, 0.4) is 0 Å². The predicted octanol–water partition coefficient (Wildman–Crippen LogP) is 4.23. The third kappa shape index (κ3) is 3.21. The molecule has 0 radical (unpaired) electrons. The largest absolute Gasteiger partial charge is 0.497 e. The number of methoxy groups -OCH3 is 2. The molecule has 0 spiro atoms. The van der Waals surface area contributed by atoms with Crippen LogP contribution in [0.1, 0.15) is 34.9 Å². The van der Waals surface area contributed by atoms with Gasteiger partial charge < -0.3 is 14.4 Å². The number of nitrogens with zero attached hydrogens (tertiary/aromatic N) is 2. The van der Waals surface area contributed by atoms with Crippen LogP contribution in [-0.2, 0) is 0 Å². The molecule has 1 fully saturated rings. The van der Waals surface area contributed by atoms with Crippen LogP contribution in [0.2, 0.25) is 0 Å². The number of benzene rings is 2. The molecule has 0 saturated carbocycles. The van der Waals surface area contributed by atoms with Crippen molar-refractivity contribution < 1.29 is 14.3 Å². The van der Waals surface area contributed by atoms with Crippen LogP contribution in [-0.4, -0.2) is 36.6 Å². The Labute approximate surface area is 158 Å². The van der Waals surface area contributed by atoms with Gasteiger partial charge in [-0.05, 0) is 37.1 Å². The monoisotopic (exact) mass is 362 g/mol. The first kappa shape index (κ1) is 17.3. The molecule has 0 unspecified atom stereocenters. The average molecular weight is 362 g/mol. The minimum Gasteiger partial charge on any atom is -0.497 e. The standard InChI is InChI=1S/C22H22N2O3/c1-26-16-10-11-17(21(14-16)27-2)20-8-5-13-24(20)22(25)19-12-9-15-6-3-4-7-18(15)23-19/h3-4,6-7,9-12,14,20H,5,8,13H2,1-2H3/t20-/m1/s1. The van der Waals surface area contributed by atoms with Gasteiger partial charge in [0.25, 0.3) is 5.91 Å². The summed E-state index contributed by atoms with van der Waals surface area (Å²) in [4.78, 5) is 19.7. The van der Waals surface area contributed by atoms with Gasteiger partial charge in [0.15, 0.2) is 0 Å². The van der Waals surface area contributed by atoms with Crippen molar-refractivity contribution in [1.29, 1.82) is 0 Å². The Hall–Kier alpha value is -3.08. The average Bonchev–Trinajstić information content (AvgIpc) is 3.21. The molecule has 2 aromatic carbocycles. The predicted molar refractivity (Wildman–Crippen MR) is 104 cm³/mol. The SMILES string of the molecule is COc1ccc([C@H]2CCCN2C(=O)c2ccc3ccccc3n2)c(OC)c1. The van der Waals surface area contributed by atoms with Crippen LogP contribution in [0.5, 0.6) is 11.5 Å². The minimum absolute atomic E-state index is 0.0216. The number of pyridine rings is 1. The fourth-order valence-corrected chi connectivity index (χ4v) is 3.76. The molecule has 2 heterocycles. The zero-order valence-electron chi connectivity index (χ0n) is 15.5. The number of amides is 1. The topological polar surface area (TPSA) is 51.7 Å². The summed E-state index contributed by atoms with van der Waals surface area (Å²) in [6.45, 7) is 0.715. The fraction of sp³-hybridized carbons (Fsp3) is 0.273. The molecule has 5 heteroatoms. The molecule has 1 saturated heterocycles. The van der Waals surface area contributed by atoms with Crippen LogP contribution in [0.25, 0.3) is 10.9 Å². The van der Waals surface area contributed by atoms with Gasteiger partial charge in [0, 0.05) is 23.6 Å². The lowest BCUT2D eigenvalue weighted by atomic mass is 10.0. The lowest BCUT2D eigenvalue weighted by Gasteiger charge is -2.26. The fourth-order valence-electron chi connectivity index (χ4n) is 3.76. The van der Waals surface area contributed by atoms with Crippen molar-refractivity contribution in [2.24, 2.45) is 0 Å². The van der Waals surface area contributed by atoms with Gasteiger partial charge in [-0.2, -0.15) is 0 Å². The molecule has 1 aromatic heterocycles. The van der Waals surface area contributed by atoms with Crippen molar-refractivity contribution in [3.8, 4) is 11.5 Å². The van der Waals surface area contributed by atoms with E-state index in [1.165, 1.54) is 0 Å². The minimum atomic E-state index is -0.0406. The highest BCUT2D eigenvalue weighted by molar-refractivity contribution is 5.95. The normalized spacial score (nSPS) is 16.5. The van der Waals surface area contributed by atoms with Crippen LogP contribution >= 0.6 is 0 Å². The summed E-state index contributed by atoms with van der Waals surface area (Å²) in [6, 6.07) is 17.3. The van der Waals surface area contributed by atoms with E-state index in [1.807, 2.05) is 59.5 Å². The van der Waals surface area contributed by atoms with Crippen molar-refractivity contribution in [3.63, 3.8) is 0 Å². The molecule has 27 heavy (non-hydrogen) atoms. The van der Waals surface area contributed by atoms with Crippen LogP contribution in [0.4, 0.5) is 0 Å². The van der Waals surface area contributed by atoms with Gasteiger partial charge in [-0.15, -0.1) is 0 Å². The molecule has 1 aliphatic rings. The highest BCUT2D eigenvalue weighted by Gasteiger charge is 2.33. The second kappa shape index (κ2) is 7.27. The number of carbonyl (C=O) groups excluding carboxylic acids is 1. The number of fused-ring (bicyclic) bond motifs is 1. The molecule has 0 N–H and O–H groups in total. The number of carbonyl (C=O) groups is 1. The van der Waals surface area contributed by atoms with E-state index >= 15 is 0 Å². The molecule has 1 aliphatic heterocycles. The Morgan fingerprint density at radius 1 is 1.07 bits per heavy atom. The Balaban J connectivity index is 1.67. The highest BCUT2D eigenvalue weighted by atomic mass is 16.5. The lowest BCUT2D eigenvalue weighted by molar-refractivity contribution is 0.0728. The molecular weight excluding hydrogens is 340 g/mol. The second-order valence-corrected chi connectivity index (χ2v) is 6.65. The van der Waals surface area contributed by atoms with E-state index < -0.39 is 0 Å². The molecule has 138 valence electrons. The summed E-state index contributed by atoms with van der Waals surface area (Å²) in [5.74, 6) is 1.44. The Morgan fingerprint density at radius 3 is 2.74 bits per heavy atom. The number of rotatable bonds is 4. The van der Waals surface area contributed by atoms with Gasteiger partial charge in [0.1, 0.15) is 17.2 Å². The van der Waals surface area contributed by atoms with E-state index in [2.05, 4.69) is 4.98 Å². The zero-order chi connectivity index (χ0) is 18.8. The van der Waals surface area contributed by atoms with Gasteiger partial charge in [-0.1, -0.05) is 24.3 Å². The Bertz CT molecular complexity index is 986. The summed E-state index contributed by atoms with van der Waals surface area (Å²) in [7, 11) is 3.27. The number of aromatic nitrogens is 1. The third-order valence-electron chi connectivity index (χ3n) is 5.13. The molecule has 4 rings (SSSR count). The maximum absolute atomic E-state index is 13.2. The number of likely N-dealkylation sites (tertiary alicyclic amines) is 1. The molecule has 1 amide bonds. The number of para-hydroxylation sites is 1. The van der Waals surface area contributed by atoms with Crippen molar-refractivity contribution in [2.45, 2.75) is 18.9 Å². The first-order chi connectivity index (χ1) is 13.2. The summed E-state index contributed by atoms with van der Waals surface area (Å²) < 4.78 is 10.8. The number of hydrogen-bond donors (Lipinski definition) is 0. The quantitative estimate of drug-likeness (QED) is 0.697. The van der Waals surface area contributed by atoms with Gasteiger partial charge in [0.2, 0.25) is 0 Å². The van der Waals surface area contributed by atoms with Crippen LogP contribution < -0.4 is 9.47 Å². The first-order valence-electron chi connectivity index (χ1n) is 9.10. The molecule has 1 atom stereocenters. The second-order valence-electron chi connectivity index (χ2n) is 6.65. The summed E-state index contributed by atoms with van der Waals surface area (Å²) in [6.07, 6.45) is 1.86. The third-order valence-corrected chi connectivity index (χ3v) is 5.13. The van der Waals surface area contributed by atoms with Gasteiger partial charge in [0.05, 0.1) is 25.8 Å². The Morgan fingerprint density at radius 2 is 1.93 bits per heavy atom. The van der Waals surface area contributed by atoms with Crippen molar-refractivity contribution in [3.05, 3.63) is 65.9 Å². The maximum Gasteiger partial charge on any atom is 0.272 e. The van der Waals surface area contributed by atoms with E-state index in [0.29, 0.717) is 12.2 Å². The summed E-state index contributed by atoms with van der Waals surface area (Å²) in [5.41, 5.74) is 2.32. The smallest absolute Gasteiger partial charge is 0.272 e. The van der Waals surface area contributed by atoms with Gasteiger partial charge in [-0.25, -0.2) is 4.98 Å². The number of hydrogen-bond acceptors (Lipinski definition) is 4. The molecule has 0 aliphatic carbocycles. The molecule has 5 nitrogen and oxygen atoms in total.